The average Bonchev–Trinajstić information content (AvgIpc) is 3.07. The van der Waals surface area contributed by atoms with Crippen molar-refractivity contribution >= 4 is 0 Å². The Morgan fingerprint density at radius 1 is 1.00 bits per heavy atom. The molecule has 0 heterocycles. The molecule has 2 nitrogen and oxygen atoms in total. The molecule has 0 aromatic rings. The van der Waals surface area contributed by atoms with Crippen LogP contribution in [0.5, 0.6) is 0 Å². The zero-order valence-electron chi connectivity index (χ0n) is 12.3. The van der Waals surface area contributed by atoms with E-state index < -0.39 is 0 Å². The Balaban J connectivity index is 1.94. The lowest BCUT2D eigenvalue weighted by Crippen LogP contribution is -2.28. The molecular weight excluding hydrogens is 208 g/mol. The maximum atomic E-state index is 3.59. The molecule has 1 fully saturated rings. The van der Waals surface area contributed by atoms with Crippen LogP contribution >= 0.6 is 0 Å². The summed E-state index contributed by atoms with van der Waals surface area (Å²) in [6.07, 6.45) is 5.52. The standard InChI is InChI=1S/C15H32N2/c1-12(2)10-16-11-14(4)13(3)6-5-9-17-15-7-8-15/h12-17H,5-11H2,1-4H3. The SMILES string of the molecule is CC(C)CNCC(C)C(C)CCCNC1CC1. The van der Waals surface area contributed by atoms with Gasteiger partial charge in [-0.05, 0) is 63.1 Å². The second kappa shape index (κ2) is 8.10. The van der Waals surface area contributed by atoms with Crippen LogP contribution in [-0.4, -0.2) is 25.7 Å². The Hall–Kier alpha value is -0.0800. The van der Waals surface area contributed by atoms with Crippen molar-refractivity contribution in [2.75, 3.05) is 19.6 Å². The summed E-state index contributed by atoms with van der Waals surface area (Å²) in [4.78, 5) is 0. The monoisotopic (exact) mass is 240 g/mol. The number of nitrogens with one attached hydrogen (secondary N) is 2. The van der Waals surface area contributed by atoms with Gasteiger partial charge in [-0.3, -0.25) is 0 Å². The van der Waals surface area contributed by atoms with Crippen molar-refractivity contribution in [2.24, 2.45) is 17.8 Å². The van der Waals surface area contributed by atoms with Crippen LogP contribution in [0.3, 0.4) is 0 Å². The van der Waals surface area contributed by atoms with Crippen molar-refractivity contribution in [1.29, 1.82) is 0 Å². The van der Waals surface area contributed by atoms with E-state index in [1.165, 1.54) is 38.8 Å². The topological polar surface area (TPSA) is 24.1 Å². The van der Waals surface area contributed by atoms with Gasteiger partial charge in [0.1, 0.15) is 0 Å². The van der Waals surface area contributed by atoms with Crippen molar-refractivity contribution in [3.05, 3.63) is 0 Å². The zero-order valence-corrected chi connectivity index (χ0v) is 12.3. The van der Waals surface area contributed by atoms with Gasteiger partial charge in [-0.15, -0.1) is 0 Å². The molecule has 1 saturated carbocycles. The van der Waals surface area contributed by atoms with Crippen molar-refractivity contribution in [2.45, 2.75) is 59.4 Å². The van der Waals surface area contributed by atoms with Gasteiger partial charge in [0.05, 0.1) is 0 Å². The summed E-state index contributed by atoms with van der Waals surface area (Å²) < 4.78 is 0. The first-order valence-electron chi connectivity index (χ1n) is 7.53. The molecule has 2 unspecified atom stereocenters. The van der Waals surface area contributed by atoms with Crippen LogP contribution in [0.4, 0.5) is 0 Å². The molecule has 0 radical (unpaired) electrons. The molecule has 0 amide bonds. The number of hydrogen-bond donors (Lipinski definition) is 2. The van der Waals surface area contributed by atoms with Crippen LogP contribution in [0.1, 0.15) is 53.4 Å². The van der Waals surface area contributed by atoms with E-state index in [2.05, 4.69) is 38.3 Å². The van der Waals surface area contributed by atoms with E-state index in [1.807, 2.05) is 0 Å². The highest BCUT2D eigenvalue weighted by molar-refractivity contribution is 4.80. The first kappa shape index (κ1) is 15.0. The van der Waals surface area contributed by atoms with Crippen LogP contribution < -0.4 is 10.6 Å². The van der Waals surface area contributed by atoms with E-state index in [4.69, 9.17) is 0 Å². The van der Waals surface area contributed by atoms with Crippen molar-refractivity contribution in [1.82, 2.24) is 10.6 Å². The molecule has 0 aromatic heterocycles. The van der Waals surface area contributed by atoms with Crippen LogP contribution in [0.2, 0.25) is 0 Å². The van der Waals surface area contributed by atoms with E-state index in [0.717, 1.165) is 30.3 Å². The summed E-state index contributed by atoms with van der Waals surface area (Å²) >= 11 is 0. The van der Waals surface area contributed by atoms with E-state index in [9.17, 15) is 0 Å². The quantitative estimate of drug-likeness (QED) is 0.574. The molecular formula is C15H32N2. The molecule has 102 valence electrons. The highest BCUT2D eigenvalue weighted by atomic mass is 14.9. The van der Waals surface area contributed by atoms with Crippen LogP contribution in [0.15, 0.2) is 0 Å². The Labute approximate surface area is 108 Å². The van der Waals surface area contributed by atoms with Gasteiger partial charge in [-0.1, -0.05) is 27.7 Å². The van der Waals surface area contributed by atoms with Gasteiger partial charge in [0.15, 0.2) is 0 Å². The lowest BCUT2D eigenvalue weighted by atomic mass is 9.91. The summed E-state index contributed by atoms with van der Waals surface area (Å²) in [6.45, 7) is 12.9. The molecule has 1 aliphatic carbocycles. The summed E-state index contributed by atoms with van der Waals surface area (Å²) in [5.41, 5.74) is 0. The fraction of sp³-hybridized carbons (Fsp3) is 1.00. The number of rotatable bonds is 10. The summed E-state index contributed by atoms with van der Waals surface area (Å²) in [5, 5.41) is 7.16. The lowest BCUT2D eigenvalue weighted by molar-refractivity contribution is 0.333. The molecule has 1 rings (SSSR count). The normalized spacial score (nSPS) is 19.6. The number of hydrogen-bond acceptors (Lipinski definition) is 2. The third-order valence-electron chi connectivity index (χ3n) is 3.84. The minimum absolute atomic E-state index is 0.764. The maximum absolute atomic E-state index is 3.59. The van der Waals surface area contributed by atoms with Gasteiger partial charge in [0.2, 0.25) is 0 Å². The molecule has 2 heteroatoms. The van der Waals surface area contributed by atoms with Crippen LogP contribution in [0.25, 0.3) is 0 Å². The molecule has 2 N–H and O–H groups in total. The molecule has 2 atom stereocenters. The molecule has 0 bridgehead atoms. The third kappa shape index (κ3) is 7.77. The smallest absolute Gasteiger partial charge is 0.00682 e. The summed E-state index contributed by atoms with van der Waals surface area (Å²) in [7, 11) is 0. The molecule has 1 aliphatic rings. The van der Waals surface area contributed by atoms with Gasteiger partial charge in [0, 0.05) is 6.04 Å². The van der Waals surface area contributed by atoms with Gasteiger partial charge in [0.25, 0.3) is 0 Å². The molecule has 0 aliphatic heterocycles. The van der Waals surface area contributed by atoms with E-state index in [1.54, 1.807) is 0 Å². The fourth-order valence-corrected chi connectivity index (χ4v) is 2.10. The van der Waals surface area contributed by atoms with Gasteiger partial charge < -0.3 is 10.6 Å². The minimum atomic E-state index is 0.764. The second-order valence-electron chi connectivity index (χ2n) is 6.38. The van der Waals surface area contributed by atoms with Crippen LogP contribution in [-0.2, 0) is 0 Å². The average molecular weight is 240 g/mol. The first-order chi connectivity index (χ1) is 8.09. The van der Waals surface area contributed by atoms with E-state index in [0.29, 0.717) is 0 Å². The van der Waals surface area contributed by atoms with Crippen LogP contribution in [0, 0.1) is 17.8 Å². The van der Waals surface area contributed by atoms with E-state index in [-0.39, 0.29) is 0 Å². The predicted molar refractivity (Wildman–Crippen MR) is 76.3 cm³/mol. The summed E-state index contributed by atoms with van der Waals surface area (Å²) in [6, 6.07) is 0.871. The predicted octanol–water partition coefficient (Wildman–Crippen LogP) is 3.04. The minimum Gasteiger partial charge on any atom is -0.316 e. The van der Waals surface area contributed by atoms with Gasteiger partial charge in [-0.2, -0.15) is 0 Å². The molecule has 0 aromatic carbocycles. The Bertz CT molecular complexity index is 187. The highest BCUT2D eigenvalue weighted by Crippen LogP contribution is 2.19. The Kier molecular flexibility index (Phi) is 7.14. The maximum Gasteiger partial charge on any atom is 0.00682 e. The largest absolute Gasteiger partial charge is 0.316 e. The van der Waals surface area contributed by atoms with Crippen molar-refractivity contribution in [3.63, 3.8) is 0 Å². The fourth-order valence-electron chi connectivity index (χ4n) is 2.10. The first-order valence-corrected chi connectivity index (χ1v) is 7.53. The van der Waals surface area contributed by atoms with Crippen molar-refractivity contribution < 1.29 is 0 Å². The zero-order chi connectivity index (χ0) is 12.7. The van der Waals surface area contributed by atoms with E-state index >= 15 is 0 Å². The van der Waals surface area contributed by atoms with Gasteiger partial charge >= 0.3 is 0 Å². The summed E-state index contributed by atoms with van der Waals surface area (Å²) in [5.74, 6) is 2.41. The Morgan fingerprint density at radius 2 is 1.71 bits per heavy atom. The van der Waals surface area contributed by atoms with Crippen molar-refractivity contribution in [3.8, 4) is 0 Å². The molecule has 0 spiro atoms. The lowest BCUT2D eigenvalue weighted by Gasteiger charge is -2.21. The van der Waals surface area contributed by atoms with Gasteiger partial charge in [-0.25, -0.2) is 0 Å². The third-order valence-corrected chi connectivity index (χ3v) is 3.84. The highest BCUT2D eigenvalue weighted by Gasteiger charge is 2.19. The Morgan fingerprint density at radius 3 is 2.29 bits per heavy atom. The molecule has 17 heavy (non-hydrogen) atoms. The second-order valence-corrected chi connectivity index (χ2v) is 6.38. The molecule has 0 saturated heterocycles.